The molecule has 0 fully saturated rings. The molecule has 1 aliphatic rings. The number of aryl methyl sites for hydroxylation is 1. The van der Waals surface area contributed by atoms with Crippen molar-refractivity contribution in [2.24, 2.45) is 0 Å². The van der Waals surface area contributed by atoms with Gasteiger partial charge in [-0.1, -0.05) is 43.7 Å². The number of unbranched alkanes of at least 4 members (excludes halogenated alkanes) is 1. The van der Waals surface area contributed by atoms with Gasteiger partial charge in [0.1, 0.15) is 5.00 Å². The zero-order valence-corrected chi connectivity index (χ0v) is 16.1. The number of hydrogen-bond donors (Lipinski definition) is 2. The summed E-state index contributed by atoms with van der Waals surface area (Å²) in [6, 6.07) is 9.68. The van der Waals surface area contributed by atoms with Crippen LogP contribution in [0.4, 0.5) is 5.00 Å². The normalized spacial score (nSPS) is 13.1. The number of amides is 2. The molecule has 1 aliphatic carbocycles. The van der Waals surface area contributed by atoms with E-state index in [0.717, 1.165) is 49.7 Å². The minimum absolute atomic E-state index is 0.0483. The van der Waals surface area contributed by atoms with Crippen molar-refractivity contribution >= 4 is 28.2 Å². The van der Waals surface area contributed by atoms with E-state index < -0.39 is 0 Å². The first kappa shape index (κ1) is 18.6. The van der Waals surface area contributed by atoms with E-state index in [0.29, 0.717) is 23.5 Å². The molecule has 5 heteroatoms. The highest BCUT2D eigenvalue weighted by atomic mass is 32.1. The molecule has 0 saturated carbocycles. The third kappa shape index (κ3) is 4.52. The van der Waals surface area contributed by atoms with Gasteiger partial charge >= 0.3 is 0 Å². The lowest BCUT2D eigenvalue weighted by Crippen LogP contribution is -2.27. The zero-order valence-electron chi connectivity index (χ0n) is 15.3. The second kappa shape index (κ2) is 8.99. The highest BCUT2D eigenvalue weighted by molar-refractivity contribution is 7.17. The van der Waals surface area contributed by atoms with Crippen LogP contribution in [-0.4, -0.2) is 18.4 Å². The quantitative estimate of drug-likeness (QED) is 0.713. The van der Waals surface area contributed by atoms with E-state index in [2.05, 4.69) is 17.6 Å². The number of thiophene rings is 1. The van der Waals surface area contributed by atoms with Gasteiger partial charge in [-0.05, 0) is 43.2 Å². The van der Waals surface area contributed by atoms with Crippen molar-refractivity contribution in [3.63, 3.8) is 0 Å². The van der Waals surface area contributed by atoms with Crippen molar-refractivity contribution in [3.8, 4) is 0 Å². The lowest BCUT2D eigenvalue weighted by molar-refractivity contribution is -0.115. The summed E-state index contributed by atoms with van der Waals surface area (Å²) in [5.41, 5.74) is 2.81. The molecule has 1 aromatic heterocycles. The van der Waals surface area contributed by atoms with Gasteiger partial charge in [-0.3, -0.25) is 9.59 Å². The molecule has 0 spiro atoms. The first-order chi connectivity index (χ1) is 12.7. The van der Waals surface area contributed by atoms with Gasteiger partial charge in [0, 0.05) is 11.4 Å². The van der Waals surface area contributed by atoms with Crippen LogP contribution in [0.5, 0.6) is 0 Å². The molecule has 3 rings (SSSR count). The summed E-state index contributed by atoms with van der Waals surface area (Å²) in [7, 11) is 0. The molecule has 2 aromatic rings. The fourth-order valence-corrected chi connectivity index (χ4v) is 4.62. The van der Waals surface area contributed by atoms with Gasteiger partial charge in [0.15, 0.2) is 0 Å². The largest absolute Gasteiger partial charge is 0.352 e. The molecule has 1 heterocycles. The van der Waals surface area contributed by atoms with E-state index >= 15 is 0 Å². The predicted molar refractivity (Wildman–Crippen MR) is 107 cm³/mol. The Kier molecular flexibility index (Phi) is 6.45. The number of rotatable bonds is 7. The number of carbonyl (C=O) groups is 2. The van der Waals surface area contributed by atoms with E-state index in [1.54, 1.807) is 11.3 Å². The fraction of sp³-hybridized carbons (Fsp3) is 0.429. The SMILES string of the molecule is CCCCNC(=O)c1c(NC(=O)Cc2ccccc2)sc2c1CCCC2. The third-order valence-electron chi connectivity index (χ3n) is 4.67. The van der Waals surface area contributed by atoms with Gasteiger partial charge < -0.3 is 10.6 Å². The lowest BCUT2D eigenvalue weighted by atomic mass is 9.95. The minimum atomic E-state index is -0.0718. The maximum atomic E-state index is 12.8. The van der Waals surface area contributed by atoms with Gasteiger partial charge in [0.25, 0.3) is 5.91 Å². The van der Waals surface area contributed by atoms with Crippen molar-refractivity contribution in [1.29, 1.82) is 0 Å². The van der Waals surface area contributed by atoms with Crippen LogP contribution in [0.15, 0.2) is 30.3 Å². The summed E-state index contributed by atoms with van der Waals surface area (Å²) < 4.78 is 0. The smallest absolute Gasteiger partial charge is 0.254 e. The highest BCUT2D eigenvalue weighted by Crippen LogP contribution is 2.38. The van der Waals surface area contributed by atoms with Crippen molar-refractivity contribution in [1.82, 2.24) is 5.32 Å². The number of hydrogen-bond acceptors (Lipinski definition) is 3. The number of anilines is 1. The molecule has 1 aromatic carbocycles. The number of carbonyl (C=O) groups excluding carboxylic acids is 2. The second-order valence-electron chi connectivity index (χ2n) is 6.74. The van der Waals surface area contributed by atoms with Crippen molar-refractivity contribution in [2.75, 3.05) is 11.9 Å². The van der Waals surface area contributed by atoms with Crippen molar-refractivity contribution in [2.45, 2.75) is 51.9 Å². The van der Waals surface area contributed by atoms with E-state index in [1.165, 1.54) is 4.88 Å². The topological polar surface area (TPSA) is 58.2 Å². The number of fused-ring (bicyclic) bond motifs is 1. The molecule has 0 radical (unpaired) electrons. The van der Waals surface area contributed by atoms with E-state index in [9.17, 15) is 9.59 Å². The molecule has 0 unspecified atom stereocenters. The van der Waals surface area contributed by atoms with Crippen LogP contribution in [0, 0.1) is 0 Å². The first-order valence-corrected chi connectivity index (χ1v) is 10.3. The van der Waals surface area contributed by atoms with Crippen LogP contribution in [0.1, 0.15) is 59.0 Å². The molecule has 2 N–H and O–H groups in total. The molecular weight excluding hydrogens is 344 g/mol. The minimum Gasteiger partial charge on any atom is -0.352 e. The Morgan fingerprint density at radius 2 is 1.88 bits per heavy atom. The molecule has 4 nitrogen and oxygen atoms in total. The average molecular weight is 371 g/mol. The van der Waals surface area contributed by atoms with E-state index in [1.807, 2.05) is 30.3 Å². The Morgan fingerprint density at radius 1 is 1.12 bits per heavy atom. The monoisotopic (exact) mass is 370 g/mol. The summed E-state index contributed by atoms with van der Waals surface area (Å²) in [4.78, 5) is 26.5. The maximum Gasteiger partial charge on any atom is 0.254 e. The van der Waals surface area contributed by atoms with Gasteiger partial charge in [-0.15, -0.1) is 11.3 Å². The van der Waals surface area contributed by atoms with Crippen molar-refractivity contribution in [3.05, 3.63) is 51.9 Å². The lowest BCUT2D eigenvalue weighted by Gasteiger charge is -2.13. The Balaban J connectivity index is 1.78. The Bertz CT molecular complexity index is 768. The second-order valence-corrected chi connectivity index (χ2v) is 7.84. The molecule has 2 amide bonds. The van der Waals surface area contributed by atoms with Crippen LogP contribution < -0.4 is 10.6 Å². The molecule has 26 heavy (non-hydrogen) atoms. The highest BCUT2D eigenvalue weighted by Gasteiger charge is 2.26. The molecule has 0 aliphatic heterocycles. The summed E-state index contributed by atoms with van der Waals surface area (Å²) in [6.07, 6.45) is 6.52. The predicted octanol–water partition coefficient (Wildman–Crippen LogP) is 4.34. The molecule has 0 saturated heterocycles. The van der Waals surface area contributed by atoms with Crippen LogP contribution in [0.2, 0.25) is 0 Å². The molecule has 138 valence electrons. The zero-order chi connectivity index (χ0) is 18.4. The summed E-state index contributed by atoms with van der Waals surface area (Å²) in [5.74, 6) is -0.120. The average Bonchev–Trinajstić information content (AvgIpc) is 3.00. The third-order valence-corrected chi connectivity index (χ3v) is 5.88. The Labute approximate surface area is 159 Å². The number of nitrogens with one attached hydrogen (secondary N) is 2. The van der Waals surface area contributed by atoms with Crippen LogP contribution in [0.25, 0.3) is 0 Å². The van der Waals surface area contributed by atoms with Gasteiger partial charge in [-0.2, -0.15) is 0 Å². The van der Waals surface area contributed by atoms with Crippen LogP contribution in [-0.2, 0) is 24.1 Å². The van der Waals surface area contributed by atoms with Crippen molar-refractivity contribution < 1.29 is 9.59 Å². The Hall–Kier alpha value is -2.14. The molecule has 0 atom stereocenters. The summed E-state index contributed by atoms with van der Waals surface area (Å²) in [6.45, 7) is 2.78. The van der Waals surface area contributed by atoms with Gasteiger partial charge in [0.2, 0.25) is 5.91 Å². The summed E-state index contributed by atoms with van der Waals surface area (Å²) in [5, 5.41) is 6.74. The van der Waals surface area contributed by atoms with Crippen LogP contribution >= 0.6 is 11.3 Å². The first-order valence-electron chi connectivity index (χ1n) is 9.45. The van der Waals surface area contributed by atoms with E-state index in [-0.39, 0.29) is 11.8 Å². The van der Waals surface area contributed by atoms with E-state index in [4.69, 9.17) is 0 Å². The van der Waals surface area contributed by atoms with Gasteiger partial charge in [-0.25, -0.2) is 0 Å². The number of benzene rings is 1. The van der Waals surface area contributed by atoms with Gasteiger partial charge in [0.05, 0.1) is 12.0 Å². The Morgan fingerprint density at radius 3 is 2.65 bits per heavy atom. The molecular formula is C21H26N2O2S. The van der Waals surface area contributed by atoms with Crippen LogP contribution in [0.3, 0.4) is 0 Å². The standard InChI is InChI=1S/C21H26N2O2S/c1-2-3-13-22-20(25)19-16-11-7-8-12-17(16)26-21(19)23-18(24)14-15-9-5-4-6-10-15/h4-6,9-10H,2-3,7-8,11-14H2,1H3,(H,22,25)(H,23,24). The maximum absolute atomic E-state index is 12.8. The fourth-order valence-electron chi connectivity index (χ4n) is 3.31. The summed E-state index contributed by atoms with van der Waals surface area (Å²) >= 11 is 1.58. The molecule has 0 bridgehead atoms.